The Labute approximate surface area is 159 Å². The molecule has 2 rings (SSSR count). The standard InChI is InChI=1S/C21H25NO5/c1-5-25-18-11-9-17(10-12-18)22-21(24)16(4)27-19(23)13-26-20-14(2)7-6-8-15(20)3/h6-12,16H,5,13H2,1-4H3,(H,22,24)/t16-/m1/s1. The van der Waals surface area contributed by atoms with Crippen LogP contribution in [0.15, 0.2) is 42.5 Å². The molecule has 0 spiro atoms. The molecule has 0 bridgehead atoms. The summed E-state index contributed by atoms with van der Waals surface area (Å²) in [5.41, 5.74) is 2.46. The second-order valence-electron chi connectivity index (χ2n) is 6.09. The zero-order valence-corrected chi connectivity index (χ0v) is 16.1. The lowest BCUT2D eigenvalue weighted by molar-refractivity contribution is -0.155. The van der Waals surface area contributed by atoms with Crippen LogP contribution in [-0.4, -0.2) is 31.2 Å². The Morgan fingerprint density at radius 3 is 2.22 bits per heavy atom. The molecule has 27 heavy (non-hydrogen) atoms. The van der Waals surface area contributed by atoms with Crippen LogP contribution in [-0.2, 0) is 14.3 Å². The Morgan fingerprint density at radius 2 is 1.63 bits per heavy atom. The Kier molecular flexibility index (Phi) is 7.23. The number of amides is 1. The van der Waals surface area contributed by atoms with Crippen LogP contribution < -0.4 is 14.8 Å². The Bertz CT molecular complexity index is 765. The van der Waals surface area contributed by atoms with Crippen molar-refractivity contribution in [2.45, 2.75) is 33.8 Å². The van der Waals surface area contributed by atoms with Gasteiger partial charge >= 0.3 is 5.97 Å². The fourth-order valence-electron chi connectivity index (χ4n) is 2.49. The van der Waals surface area contributed by atoms with Crippen LogP contribution in [0, 0.1) is 13.8 Å². The predicted octanol–water partition coefficient (Wildman–Crippen LogP) is 3.65. The number of nitrogens with one attached hydrogen (secondary N) is 1. The summed E-state index contributed by atoms with van der Waals surface area (Å²) in [5, 5.41) is 2.70. The molecular formula is C21H25NO5. The molecule has 1 amide bonds. The lowest BCUT2D eigenvalue weighted by atomic mass is 10.1. The van der Waals surface area contributed by atoms with Crippen molar-refractivity contribution in [3.05, 3.63) is 53.6 Å². The van der Waals surface area contributed by atoms with E-state index in [0.29, 0.717) is 18.0 Å². The molecule has 0 aromatic heterocycles. The summed E-state index contributed by atoms with van der Waals surface area (Å²) in [4.78, 5) is 24.2. The van der Waals surface area contributed by atoms with Gasteiger partial charge in [0.15, 0.2) is 12.7 Å². The first-order valence-corrected chi connectivity index (χ1v) is 8.83. The minimum absolute atomic E-state index is 0.258. The molecule has 0 saturated heterocycles. The van der Waals surface area contributed by atoms with Crippen LogP contribution in [0.2, 0.25) is 0 Å². The number of hydrogen-bond donors (Lipinski definition) is 1. The Morgan fingerprint density at radius 1 is 1.00 bits per heavy atom. The maximum absolute atomic E-state index is 12.2. The van der Waals surface area contributed by atoms with Crippen molar-refractivity contribution >= 4 is 17.6 Å². The van der Waals surface area contributed by atoms with Gasteiger partial charge < -0.3 is 19.5 Å². The minimum atomic E-state index is -0.939. The van der Waals surface area contributed by atoms with Crippen LogP contribution in [0.25, 0.3) is 0 Å². The van der Waals surface area contributed by atoms with Gasteiger partial charge in [0, 0.05) is 5.69 Å². The van der Waals surface area contributed by atoms with Crippen LogP contribution in [0.4, 0.5) is 5.69 Å². The minimum Gasteiger partial charge on any atom is -0.494 e. The van der Waals surface area contributed by atoms with E-state index in [1.807, 2.05) is 39.0 Å². The largest absolute Gasteiger partial charge is 0.494 e. The van der Waals surface area contributed by atoms with Gasteiger partial charge in [0.25, 0.3) is 5.91 Å². The van der Waals surface area contributed by atoms with Gasteiger partial charge in [-0.05, 0) is 63.1 Å². The molecule has 144 valence electrons. The number of benzene rings is 2. The van der Waals surface area contributed by atoms with Crippen LogP contribution >= 0.6 is 0 Å². The highest BCUT2D eigenvalue weighted by Gasteiger charge is 2.19. The maximum Gasteiger partial charge on any atom is 0.344 e. The number of rotatable bonds is 8. The summed E-state index contributed by atoms with van der Waals surface area (Å²) in [5.74, 6) is 0.353. The van der Waals surface area contributed by atoms with E-state index in [1.54, 1.807) is 24.3 Å². The number of carbonyl (C=O) groups is 2. The number of para-hydroxylation sites is 1. The SMILES string of the molecule is CCOc1ccc(NC(=O)[C@@H](C)OC(=O)COc2c(C)cccc2C)cc1. The van der Waals surface area contributed by atoms with Crippen molar-refractivity contribution < 1.29 is 23.8 Å². The van der Waals surface area contributed by atoms with Crippen molar-refractivity contribution in [1.82, 2.24) is 0 Å². The number of hydrogen-bond acceptors (Lipinski definition) is 5. The van der Waals surface area contributed by atoms with Crippen LogP contribution in [0.5, 0.6) is 11.5 Å². The summed E-state index contributed by atoms with van der Waals surface area (Å²) in [6.07, 6.45) is -0.939. The molecule has 0 unspecified atom stereocenters. The van der Waals surface area contributed by atoms with E-state index in [4.69, 9.17) is 14.2 Å². The third-order valence-corrected chi connectivity index (χ3v) is 3.85. The van der Waals surface area contributed by atoms with Gasteiger partial charge in [-0.3, -0.25) is 4.79 Å². The molecule has 2 aromatic carbocycles. The van der Waals surface area contributed by atoms with E-state index in [2.05, 4.69) is 5.32 Å². The number of aryl methyl sites for hydroxylation is 2. The molecule has 0 radical (unpaired) electrons. The second-order valence-corrected chi connectivity index (χ2v) is 6.09. The van der Waals surface area contributed by atoms with Crippen molar-refractivity contribution in [3.8, 4) is 11.5 Å². The van der Waals surface area contributed by atoms with E-state index >= 15 is 0 Å². The topological polar surface area (TPSA) is 73.9 Å². The number of ether oxygens (including phenoxy) is 3. The van der Waals surface area contributed by atoms with Crippen molar-refractivity contribution in [3.63, 3.8) is 0 Å². The smallest absolute Gasteiger partial charge is 0.344 e. The Hall–Kier alpha value is -3.02. The second kappa shape index (κ2) is 9.62. The molecule has 0 aliphatic heterocycles. The molecule has 0 aliphatic carbocycles. The fourth-order valence-corrected chi connectivity index (χ4v) is 2.49. The monoisotopic (exact) mass is 371 g/mol. The van der Waals surface area contributed by atoms with Crippen molar-refractivity contribution in [2.24, 2.45) is 0 Å². The molecule has 6 nitrogen and oxygen atoms in total. The van der Waals surface area contributed by atoms with Gasteiger partial charge in [0.1, 0.15) is 11.5 Å². The van der Waals surface area contributed by atoms with Crippen molar-refractivity contribution in [1.29, 1.82) is 0 Å². The van der Waals surface area contributed by atoms with E-state index in [9.17, 15) is 9.59 Å². The molecule has 1 N–H and O–H groups in total. The van der Waals surface area contributed by atoms with Crippen LogP contribution in [0.1, 0.15) is 25.0 Å². The quantitative estimate of drug-likeness (QED) is 0.717. The van der Waals surface area contributed by atoms with Gasteiger partial charge in [-0.1, -0.05) is 18.2 Å². The summed E-state index contributed by atoms with van der Waals surface area (Å²) in [6.45, 7) is 7.53. The first-order chi connectivity index (χ1) is 12.9. The third kappa shape index (κ3) is 6.02. The number of carbonyl (C=O) groups excluding carboxylic acids is 2. The highest BCUT2D eigenvalue weighted by atomic mass is 16.6. The molecule has 0 heterocycles. The first-order valence-electron chi connectivity index (χ1n) is 8.83. The van der Waals surface area contributed by atoms with Gasteiger partial charge in [0.2, 0.25) is 0 Å². The molecule has 6 heteroatoms. The summed E-state index contributed by atoms with van der Waals surface area (Å²) >= 11 is 0. The fraction of sp³-hybridized carbons (Fsp3) is 0.333. The normalized spacial score (nSPS) is 11.4. The summed E-state index contributed by atoms with van der Waals surface area (Å²) in [6, 6.07) is 12.7. The molecule has 0 fully saturated rings. The lowest BCUT2D eigenvalue weighted by Gasteiger charge is -2.15. The molecule has 0 saturated carbocycles. The average molecular weight is 371 g/mol. The van der Waals surface area contributed by atoms with E-state index in [0.717, 1.165) is 16.9 Å². The zero-order valence-electron chi connectivity index (χ0n) is 16.1. The highest BCUT2D eigenvalue weighted by molar-refractivity contribution is 5.95. The predicted molar refractivity (Wildman–Crippen MR) is 103 cm³/mol. The van der Waals surface area contributed by atoms with E-state index in [-0.39, 0.29) is 6.61 Å². The van der Waals surface area contributed by atoms with Crippen LogP contribution in [0.3, 0.4) is 0 Å². The van der Waals surface area contributed by atoms with E-state index < -0.39 is 18.0 Å². The highest BCUT2D eigenvalue weighted by Crippen LogP contribution is 2.22. The van der Waals surface area contributed by atoms with Crippen molar-refractivity contribution in [2.75, 3.05) is 18.5 Å². The Balaban J connectivity index is 1.83. The number of esters is 1. The first kappa shape index (κ1) is 20.3. The lowest BCUT2D eigenvalue weighted by Crippen LogP contribution is -2.31. The maximum atomic E-state index is 12.2. The molecule has 1 atom stereocenters. The van der Waals surface area contributed by atoms with Gasteiger partial charge in [-0.2, -0.15) is 0 Å². The summed E-state index contributed by atoms with van der Waals surface area (Å²) < 4.78 is 16.0. The van der Waals surface area contributed by atoms with Gasteiger partial charge in [-0.25, -0.2) is 4.79 Å². The summed E-state index contributed by atoms with van der Waals surface area (Å²) in [7, 11) is 0. The number of anilines is 1. The van der Waals surface area contributed by atoms with Gasteiger partial charge in [-0.15, -0.1) is 0 Å². The third-order valence-electron chi connectivity index (χ3n) is 3.85. The average Bonchev–Trinajstić information content (AvgIpc) is 2.63. The molecule has 0 aliphatic rings. The zero-order chi connectivity index (χ0) is 19.8. The molecule has 2 aromatic rings. The van der Waals surface area contributed by atoms with Gasteiger partial charge in [0.05, 0.1) is 6.61 Å². The van der Waals surface area contributed by atoms with E-state index in [1.165, 1.54) is 6.92 Å². The molecular weight excluding hydrogens is 346 g/mol.